The van der Waals surface area contributed by atoms with Crippen LogP contribution in [0.3, 0.4) is 0 Å². The second-order valence-corrected chi connectivity index (χ2v) is 31.6. The summed E-state index contributed by atoms with van der Waals surface area (Å²) in [6, 6.07) is 0. The lowest BCUT2D eigenvalue weighted by Gasteiger charge is -2.21. The van der Waals surface area contributed by atoms with Crippen LogP contribution in [0.5, 0.6) is 0 Å². The van der Waals surface area contributed by atoms with Crippen LogP contribution in [0.1, 0.15) is 420 Å². The first kappa shape index (κ1) is 96.1. The molecular formula is C79H154O17P2. The van der Waals surface area contributed by atoms with E-state index in [0.717, 1.165) is 95.8 Å². The molecule has 0 saturated heterocycles. The molecule has 0 aliphatic heterocycles. The molecule has 0 amide bonds. The SMILES string of the molecule is CCCCCCCCCCCCCCCCCCCCCCCCC(=O)O[C@H](COC(=O)CCCCCCCCCCCCCCCCC)COP(=O)(O)OC[C@@H](O)COP(=O)(O)OC[C@@H](COC(=O)CCCCCCCCCCC)OC(=O)CCCCCCCCCCC(C)CC. The fraction of sp³-hybridized carbons (Fsp3) is 0.949. The summed E-state index contributed by atoms with van der Waals surface area (Å²) < 4.78 is 68.6. The molecule has 582 valence electrons. The van der Waals surface area contributed by atoms with Crippen LogP contribution in [0.2, 0.25) is 0 Å². The molecule has 0 radical (unpaired) electrons. The number of unbranched alkanes of at least 4 members (excludes halogenated alkanes) is 50. The van der Waals surface area contributed by atoms with E-state index in [2.05, 4.69) is 34.6 Å². The number of carbonyl (C=O) groups is 4. The fourth-order valence-corrected chi connectivity index (χ4v) is 13.8. The molecule has 0 aliphatic carbocycles. The van der Waals surface area contributed by atoms with Crippen molar-refractivity contribution in [1.29, 1.82) is 0 Å². The molecule has 0 bridgehead atoms. The molecule has 0 aromatic carbocycles. The number of hydrogen-bond donors (Lipinski definition) is 3. The summed E-state index contributed by atoms with van der Waals surface area (Å²) in [5.41, 5.74) is 0. The predicted octanol–water partition coefficient (Wildman–Crippen LogP) is 23.6. The van der Waals surface area contributed by atoms with Crippen molar-refractivity contribution in [1.82, 2.24) is 0 Å². The third-order valence-corrected chi connectivity index (χ3v) is 20.8. The zero-order valence-corrected chi connectivity index (χ0v) is 65.7. The highest BCUT2D eigenvalue weighted by atomic mass is 31.2. The zero-order valence-electron chi connectivity index (χ0n) is 63.9. The van der Waals surface area contributed by atoms with Crippen LogP contribution in [0.15, 0.2) is 0 Å². The Bertz CT molecular complexity index is 1880. The summed E-state index contributed by atoms with van der Waals surface area (Å²) >= 11 is 0. The van der Waals surface area contributed by atoms with E-state index in [1.165, 1.54) is 244 Å². The van der Waals surface area contributed by atoms with E-state index in [1.807, 2.05) is 0 Å². The average Bonchev–Trinajstić information content (AvgIpc) is 1.88. The first-order valence-corrected chi connectivity index (χ1v) is 44.2. The highest BCUT2D eigenvalue weighted by Crippen LogP contribution is 2.45. The van der Waals surface area contributed by atoms with E-state index < -0.39 is 97.5 Å². The Hall–Kier alpha value is -1.94. The smallest absolute Gasteiger partial charge is 0.462 e. The van der Waals surface area contributed by atoms with Gasteiger partial charge in [-0.05, 0) is 31.6 Å². The normalized spacial score (nSPS) is 14.2. The standard InChI is InChI=1S/C79H154O17P2/c1-6-10-13-16-19-22-24-26-28-29-30-31-32-33-34-36-38-40-43-49-54-59-64-78(83)95-74(69-90-77(82)63-58-53-48-42-39-37-35-27-25-23-20-17-14-11-7-2)70-93-97(85,86)91-66-73(80)67-92-98(87,88)94-71-75(68-89-76(81)62-57-52-47-41-21-18-15-12-8-3)96-79(84)65-60-55-50-45-44-46-51-56-61-72(5)9-4/h72-75,80H,6-71H2,1-5H3,(H,85,86)(H,87,88)/t72?,73-,74-,75-/m1/s1. The second-order valence-electron chi connectivity index (χ2n) is 28.7. The monoisotopic (exact) mass is 1440 g/mol. The van der Waals surface area contributed by atoms with Gasteiger partial charge in [0.1, 0.15) is 19.3 Å². The van der Waals surface area contributed by atoms with Gasteiger partial charge in [0.2, 0.25) is 0 Å². The largest absolute Gasteiger partial charge is 0.472 e. The van der Waals surface area contributed by atoms with Crippen molar-refractivity contribution < 1.29 is 80.2 Å². The van der Waals surface area contributed by atoms with Crippen molar-refractivity contribution in [3.05, 3.63) is 0 Å². The maximum Gasteiger partial charge on any atom is 0.472 e. The molecule has 0 aromatic heterocycles. The number of aliphatic hydroxyl groups is 1. The van der Waals surface area contributed by atoms with Gasteiger partial charge in [-0.2, -0.15) is 0 Å². The maximum atomic E-state index is 13.1. The number of ether oxygens (including phenoxy) is 4. The van der Waals surface area contributed by atoms with E-state index in [0.29, 0.717) is 25.7 Å². The third-order valence-electron chi connectivity index (χ3n) is 18.9. The lowest BCUT2D eigenvalue weighted by Crippen LogP contribution is -2.30. The summed E-state index contributed by atoms with van der Waals surface area (Å²) in [5.74, 6) is -1.34. The number of esters is 4. The third kappa shape index (κ3) is 71.1. The summed E-state index contributed by atoms with van der Waals surface area (Å²) in [4.78, 5) is 72.8. The van der Waals surface area contributed by atoms with Crippen LogP contribution in [-0.2, 0) is 65.4 Å². The van der Waals surface area contributed by atoms with Gasteiger partial charge in [0.15, 0.2) is 12.2 Å². The average molecular weight is 1440 g/mol. The van der Waals surface area contributed by atoms with Crippen molar-refractivity contribution in [2.75, 3.05) is 39.6 Å². The van der Waals surface area contributed by atoms with Crippen LogP contribution >= 0.6 is 15.6 Å². The lowest BCUT2D eigenvalue weighted by molar-refractivity contribution is -0.161. The lowest BCUT2D eigenvalue weighted by atomic mass is 9.99. The number of rotatable bonds is 79. The van der Waals surface area contributed by atoms with Gasteiger partial charge >= 0.3 is 39.5 Å². The second kappa shape index (κ2) is 72.0. The first-order valence-electron chi connectivity index (χ1n) is 41.2. The Labute approximate surface area is 600 Å². The van der Waals surface area contributed by atoms with Gasteiger partial charge in [-0.15, -0.1) is 0 Å². The minimum absolute atomic E-state index is 0.105. The molecule has 3 N–H and O–H groups in total. The van der Waals surface area contributed by atoms with Gasteiger partial charge in [0.25, 0.3) is 0 Å². The molecule has 0 saturated carbocycles. The van der Waals surface area contributed by atoms with Gasteiger partial charge < -0.3 is 33.8 Å². The molecule has 6 atom stereocenters. The summed E-state index contributed by atoms with van der Waals surface area (Å²) in [7, 11) is -9.91. The Morgan fingerprint density at radius 1 is 0.286 bits per heavy atom. The van der Waals surface area contributed by atoms with Crippen molar-refractivity contribution in [2.45, 2.75) is 438 Å². The minimum atomic E-state index is -4.96. The molecule has 0 aliphatic rings. The highest BCUT2D eigenvalue weighted by Gasteiger charge is 2.30. The summed E-state index contributed by atoms with van der Waals surface area (Å²) in [6.07, 6.45) is 62.5. The molecular weight excluding hydrogens is 1280 g/mol. The minimum Gasteiger partial charge on any atom is -0.462 e. The number of aliphatic hydroxyl groups excluding tert-OH is 1. The molecule has 0 heterocycles. The number of carbonyl (C=O) groups excluding carboxylic acids is 4. The first-order chi connectivity index (χ1) is 47.6. The van der Waals surface area contributed by atoms with E-state index in [-0.39, 0.29) is 25.7 Å². The van der Waals surface area contributed by atoms with E-state index in [1.54, 1.807) is 0 Å². The van der Waals surface area contributed by atoms with E-state index >= 15 is 0 Å². The summed E-state index contributed by atoms with van der Waals surface area (Å²) in [5, 5.41) is 10.6. The predicted molar refractivity (Wildman–Crippen MR) is 400 cm³/mol. The number of phosphoric ester groups is 2. The molecule has 0 spiro atoms. The fourth-order valence-electron chi connectivity index (χ4n) is 12.2. The van der Waals surface area contributed by atoms with Crippen molar-refractivity contribution in [3.63, 3.8) is 0 Å². The molecule has 0 aromatic rings. The molecule has 19 heteroatoms. The molecule has 3 unspecified atom stereocenters. The van der Waals surface area contributed by atoms with Gasteiger partial charge in [-0.3, -0.25) is 37.3 Å². The van der Waals surface area contributed by atoms with Gasteiger partial charge in [-0.25, -0.2) is 9.13 Å². The maximum absolute atomic E-state index is 13.1. The van der Waals surface area contributed by atoms with E-state index in [4.69, 9.17) is 37.0 Å². The van der Waals surface area contributed by atoms with Crippen LogP contribution in [0.25, 0.3) is 0 Å². The quantitative estimate of drug-likeness (QED) is 0.0222. The summed E-state index contributed by atoms with van der Waals surface area (Å²) in [6.45, 7) is 7.29. The van der Waals surface area contributed by atoms with Gasteiger partial charge in [-0.1, -0.05) is 369 Å². The Kier molecular flexibility index (Phi) is 70.6. The Balaban J connectivity index is 5.19. The zero-order chi connectivity index (χ0) is 71.9. The van der Waals surface area contributed by atoms with Crippen molar-refractivity contribution >= 4 is 39.5 Å². The van der Waals surface area contributed by atoms with Gasteiger partial charge in [0.05, 0.1) is 26.4 Å². The van der Waals surface area contributed by atoms with Crippen LogP contribution in [0, 0.1) is 5.92 Å². The Morgan fingerprint density at radius 2 is 0.490 bits per heavy atom. The van der Waals surface area contributed by atoms with E-state index in [9.17, 15) is 43.2 Å². The van der Waals surface area contributed by atoms with Crippen LogP contribution in [0.4, 0.5) is 0 Å². The topological polar surface area (TPSA) is 237 Å². The number of phosphoric acid groups is 2. The molecule has 17 nitrogen and oxygen atoms in total. The molecule has 0 rings (SSSR count). The van der Waals surface area contributed by atoms with Crippen molar-refractivity contribution in [2.24, 2.45) is 5.92 Å². The Morgan fingerprint density at radius 3 is 0.724 bits per heavy atom. The van der Waals surface area contributed by atoms with Crippen molar-refractivity contribution in [3.8, 4) is 0 Å². The molecule has 98 heavy (non-hydrogen) atoms. The molecule has 0 fully saturated rings. The van der Waals surface area contributed by atoms with Gasteiger partial charge in [0, 0.05) is 25.7 Å². The highest BCUT2D eigenvalue weighted by molar-refractivity contribution is 7.47. The number of hydrogen-bond acceptors (Lipinski definition) is 15. The van der Waals surface area contributed by atoms with Crippen LogP contribution in [-0.4, -0.2) is 96.7 Å². The van der Waals surface area contributed by atoms with Crippen LogP contribution < -0.4 is 0 Å².